The molecular formula is C13H16N2O2. The van der Waals surface area contributed by atoms with Gasteiger partial charge in [0.25, 0.3) is 0 Å². The van der Waals surface area contributed by atoms with E-state index < -0.39 is 0 Å². The average Bonchev–Trinajstić information content (AvgIpc) is 2.37. The summed E-state index contributed by atoms with van der Waals surface area (Å²) in [7, 11) is 0. The molecule has 0 aliphatic rings. The van der Waals surface area contributed by atoms with E-state index in [1.165, 1.54) is 0 Å². The van der Waals surface area contributed by atoms with Crippen LogP contribution < -0.4 is 5.32 Å². The summed E-state index contributed by atoms with van der Waals surface area (Å²) < 4.78 is 4.99. The molecule has 90 valence electrons. The van der Waals surface area contributed by atoms with E-state index in [0.29, 0.717) is 12.2 Å². The molecule has 0 saturated heterocycles. The van der Waals surface area contributed by atoms with Gasteiger partial charge in [0.15, 0.2) is 0 Å². The van der Waals surface area contributed by atoms with E-state index in [9.17, 15) is 4.79 Å². The summed E-state index contributed by atoms with van der Waals surface area (Å²) in [5.74, 6) is -0.277. The fourth-order valence-electron chi connectivity index (χ4n) is 1.25. The first-order chi connectivity index (χ1) is 8.26. The number of anilines is 1. The van der Waals surface area contributed by atoms with Crippen molar-refractivity contribution in [3.63, 3.8) is 0 Å². The molecule has 0 spiro atoms. The molecule has 0 radical (unpaired) electrons. The molecule has 0 bridgehead atoms. The number of esters is 1. The lowest BCUT2D eigenvalue weighted by molar-refractivity contribution is -0.141. The molecule has 0 aliphatic heterocycles. The van der Waals surface area contributed by atoms with Gasteiger partial charge < -0.3 is 10.1 Å². The van der Waals surface area contributed by atoms with Crippen LogP contribution in [0.1, 0.15) is 25.3 Å². The summed E-state index contributed by atoms with van der Waals surface area (Å²) in [5, 5.41) is 11.6. The summed E-state index contributed by atoms with van der Waals surface area (Å²) in [6, 6.07) is 9.02. The molecule has 0 fully saturated rings. The largest absolute Gasteiger partial charge is 0.464 e. The Labute approximate surface area is 101 Å². The molecule has 0 aromatic heterocycles. The van der Waals surface area contributed by atoms with E-state index in [1.54, 1.807) is 24.3 Å². The van der Waals surface area contributed by atoms with Crippen LogP contribution in [0.25, 0.3) is 0 Å². The van der Waals surface area contributed by atoms with Crippen molar-refractivity contribution in [3.05, 3.63) is 29.8 Å². The summed E-state index contributed by atoms with van der Waals surface area (Å²) in [6.45, 7) is 2.63. The lowest BCUT2D eigenvalue weighted by Gasteiger charge is -2.06. The number of unbranched alkanes of at least 4 members (excludes halogenated alkanes) is 1. The number of nitrogens with zero attached hydrogens (tertiary/aromatic N) is 1. The van der Waals surface area contributed by atoms with Crippen LogP contribution in [0.3, 0.4) is 0 Å². The van der Waals surface area contributed by atoms with E-state index in [2.05, 4.69) is 5.32 Å². The monoisotopic (exact) mass is 232 g/mol. The summed E-state index contributed by atoms with van der Waals surface area (Å²) in [6.07, 6.45) is 1.89. The molecule has 1 aromatic carbocycles. The molecule has 0 atom stereocenters. The fraction of sp³-hybridized carbons (Fsp3) is 0.385. The molecule has 0 saturated carbocycles. The summed E-state index contributed by atoms with van der Waals surface area (Å²) >= 11 is 0. The second-order valence-corrected chi connectivity index (χ2v) is 3.62. The molecule has 1 N–H and O–H groups in total. The highest BCUT2D eigenvalue weighted by molar-refractivity contribution is 5.75. The van der Waals surface area contributed by atoms with Crippen molar-refractivity contribution in [1.82, 2.24) is 0 Å². The van der Waals surface area contributed by atoms with Gasteiger partial charge in [-0.3, -0.25) is 4.79 Å². The van der Waals surface area contributed by atoms with Crippen molar-refractivity contribution in [2.75, 3.05) is 18.5 Å². The molecule has 4 nitrogen and oxygen atoms in total. The van der Waals surface area contributed by atoms with Crippen molar-refractivity contribution in [2.24, 2.45) is 0 Å². The van der Waals surface area contributed by atoms with Gasteiger partial charge >= 0.3 is 5.97 Å². The maximum absolute atomic E-state index is 11.3. The predicted octanol–water partition coefficient (Wildman–Crippen LogP) is 2.31. The highest BCUT2D eigenvalue weighted by atomic mass is 16.5. The van der Waals surface area contributed by atoms with Crippen LogP contribution in [-0.4, -0.2) is 19.1 Å². The highest BCUT2D eigenvalue weighted by Crippen LogP contribution is 2.09. The third-order valence-corrected chi connectivity index (χ3v) is 2.19. The van der Waals surface area contributed by atoms with Gasteiger partial charge in [0.2, 0.25) is 0 Å². The molecular weight excluding hydrogens is 216 g/mol. The van der Waals surface area contributed by atoms with Gasteiger partial charge in [-0.1, -0.05) is 19.4 Å². The Bertz CT molecular complexity index is 410. The van der Waals surface area contributed by atoms with E-state index in [-0.39, 0.29) is 12.5 Å². The summed E-state index contributed by atoms with van der Waals surface area (Å²) in [4.78, 5) is 11.3. The van der Waals surface area contributed by atoms with E-state index in [4.69, 9.17) is 10.00 Å². The molecule has 0 heterocycles. The molecule has 0 aliphatic carbocycles. The number of nitrogens with one attached hydrogen (secondary N) is 1. The SMILES string of the molecule is CCCCOC(=O)CNc1cccc(C#N)c1. The Morgan fingerprint density at radius 3 is 3.06 bits per heavy atom. The predicted molar refractivity (Wildman–Crippen MR) is 65.5 cm³/mol. The number of benzene rings is 1. The first-order valence-electron chi connectivity index (χ1n) is 5.66. The second-order valence-electron chi connectivity index (χ2n) is 3.62. The quantitative estimate of drug-likeness (QED) is 0.604. The van der Waals surface area contributed by atoms with Gasteiger partial charge in [0.05, 0.1) is 18.2 Å². The minimum Gasteiger partial charge on any atom is -0.464 e. The summed E-state index contributed by atoms with van der Waals surface area (Å²) in [5.41, 5.74) is 1.31. The van der Waals surface area contributed by atoms with Crippen LogP contribution in [0.15, 0.2) is 24.3 Å². The maximum atomic E-state index is 11.3. The van der Waals surface area contributed by atoms with Gasteiger partial charge in [-0.05, 0) is 24.6 Å². The lowest BCUT2D eigenvalue weighted by atomic mass is 10.2. The van der Waals surface area contributed by atoms with Crippen molar-refractivity contribution in [1.29, 1.82) is 5.26 Å². The Kier molecular flexibility index (Phi) is 5.59. The first kappa shape index (κ1) is 13.0. The molecule has 4 heteroatoms. The van der Waals surface area contributed by atoms with Crippen LogP contribution in [0.2, 0.25) is 0 Å². The minimum atomic E-state index is -0.277. The van der Waals surface area contributed by atoms with Crippen LogP contribution in [-0.2, 0) is 9.53 Å². The molecule has 0 amide bonds. The zero-order valence-electron chi connectivity index (χ0n) is 9.90. The Hall–Kier alpha value is -2.02. The topological polar surface area (TPSA) is 62.1 Å². The fourth-order valence-corrected chi connectivity index (χ4v) is 1.25. The lowest BCUT2D eigenvalue weighted by Crippen LogP contribution is -2.17. The van der Waals surface area contributed by atoms with Gasteiger partial charge in [-0.25, -0.2) is 0 Å². The Morgan fingerprint density at radius 2 is 2.35 bits per heavy atom. The molecule has 1 rings (SSSR count). The normalized spacial score (nSPS) is 9.41. The maximum Gasteiger partial charge on any atom is 0.325 e. The van der Waals surface area contributed by atoms with Gasteiger partial charge in [0, 0.05) is 5.69 Å². The van der Waals surface area contributed by atoms with Gasteiger partial charge in [0.1, 0.15) is 6.54 Å². The van der Waals surface area contributed by atoms with Crippen molar-refractivity contribution in [2.45, 2.75) is 19.8 Å². The number of hydrogen-bond donors (Lipinski definition) is 1. The van der Waals surface area contributed by atoms with E-state index in [1.807, 2.05) is 13.0 Å². The second kappa shape index (κ2) is 7.29. The Morgan fingerprint density at radius 1 is 1.53 bits per heavy atom. The molecule has 1 aromatic rings. The third kappa shape index (κ3) is 5.03. The number of carbonyl (C=O) groups excluding carboxylic acids is 1. The third-order valence-electron chi connectivity index (χ3n) is 2.19. The highest BCUT2D eigenvalue weighted by Gasteiger charge is 2.02. The Balaban J connectivity index is 2.34. The van der Waals surface area contributed by atoms with Crippen molar-refractivity contribution in [3.8, 4) is 6.07 Å². The number of hydrogen-bond acceptors (Lipinski definition) is 4. The molecule has 0 unspecified atom stereocenters. The van der Waals surface area contributed by atoms with E-state index >= 15 is 0 Å². The van der Waals surface area contributed by atoms with Crippen LogP contribution in [0, 0.1) is 11.3 Å². The van der Waals surface area contributed by atoms with Crippen molar-refractivity contribution >= 4 is 11.7 Å². The number of ether oxygens (including phenoxy) is 1. The minimum absolute atomic E-state index is 0.124. The zero-order valence-corrected chi connectivity index (χ0v) is 9.90. The standard InChI is InChI=1S/C13H16N2O2/c1-2-3-7-17-13(16)10-15-12-6-4-5-11(8-12)9-14/h4-6,8,15H,2-3,7,10H2,1H3. The first-order valence-corrected chi connectivity index (χ1v) is 5.66. The number of rotatable bonds is 6. The number of nitriles is 1. The van der Waals surface area contributed by atoms with Crippen LogP contribution >= 0.6 is 0 Å². The van der Waals surface area contributed by atoms with Gasteiger partial charge in [-0.2, -0.15) is 5.26 Å². The smallest absolute Gasteiger partial charge is 0.325 e. The van der Waals surface area contributed by atoms with Crippen LogP contribution in [0.5, 0.6) is 0 Å². The van der Waals surface area contributed by atoms with E-state index in [0.717, 1.165) is 18.5 Å². The molecule has 17 heavy (non-hydrogen) atoms. The van der Waals surface area contributed by atoms with Gasteiger partial charge in [-0.15, -0.1) is 0 Å². The van der Waals surface area contributed by atoms with Crippen molar-refractivity contribution < 1.29 is 9.53 Å². The number of carbonyl (C=O) groups is 1. The van der Waals surface area contributed by atoms with Crippen LogP contribution in [0.4, 0.5) is 5.69 Å². The average molecular weight is 232 g/mol. The zero-order chi connectivity index (χ0) is 12.5.